The van der Waals surface area contributed by atoms with Crippen LogP contribution in [-0.2, 0) is 6.42 Å². The third kappa shape index (κ3) is 4.34. The summed E-state index contributed by atoms with van der Waals surface area (Å²) in [5.41, 5.74) is 3.05. The molecule has 4 rings (SSSR count). The van der Waals surface area contributed by atoms with Crippen molar-refractivity contribution in [1.82, 2.24) is 14.3 Å². The predicted octanol–water partition coefficient (Wildman–Crippen LogP) is 4.47. The highest BCUT2D eigenvalue weighted by molar-refractivity contribution is 7.07. The number of carbonyl (C=O) groups excluding carboxylic acids is 1. The van der Waals surface area contributed by atoms with Crippen LogP contribution in [0.15, 0.2) is 48.5 Å². The average Bonchev–Trinajstić information content (AvgIpc) is 3.36. The van der Waals surface area contributed by atoms with Crippen LogP contribution in [0.4, 0.5) is 0 Å². The Morgan fingerprint density at radius 1 is 1.15 bits per heavy atom. The molecular formula is C21H21N3O2S. The standard InChI is InChI=1S/C21H21N3O2S/c1-15-7-9-16(10-8-15)13-19-22-21(27-23-19)26-18-6-4-5-17(14-18)20(25)24-11-2-3-12-24/h4-10,14H,2-3,11-13H2,1H3. The zero-order chi connectivity index (χ0) is 18.6. The number of nitrogens with zero attached hydrogens (tertiary/aromatic N) is 3. The van der Waals surface area contributed by atoms with E-state index in [2.05, 4.69) is 40.5 Å². The maximum Gasteiger partial charge on any atom is 0.298 e. The minimum absolute atomic E-state index is 0.0651. The number of ether oxygens (including phenoxy) is 1. The lowest BCUT2D eigenvalue weighted by Crippen LogP contribution is -2.27. The maximum absolute atomic E-state index is 12.5. The minimum atomic E-state index is 0.0651. The van der Waals surface area contributed by atoms with E-state index in [-0.39, 0.29) is 5.91 Å². The molecule has 1 aromatic heterocycles. The molecule has 2 aromatic carbocycles. The maximum atomic E-state index is 12.5. The largest absolute Gasteiger partial charge is 0.430 e. The van der Waals surface area contributed by atoms with Crippen LogP contribution in [0.3, 0.4) is 0 Å². The summed E-state index contributed by atoms with van der Waals surface area (Å²) in [5.74, 6) is 1.41. The fraction of sp³-hybridized carbons (Fsp3) is 0.286. The summed E-state index contributed by atoms with van der Waals surface area (Å²) in [4.78, 5) is 18.9. The van der Waals surface area contributed by atoms with Crippen LogP contribution in [0.2, 0.25) is 0 Å². The smallest absolute Gasteiger partial charge is 0.298 e. The molecule has 0 aliphatic carbocycles. The van der Waals surface area contributed by atoms with Gasteiger partial charge in [-0.1, -0.05) is 35.9 Å². The van der Waals surface area contributed by atoms with Gasteiger partial charge in [-0.3, -0.25) is 4.79 Å². The summed E-state index contributed by atoms with van der Waals surface area (Å²) in [5, 5.41) is 0.489. The topological polar surface area (TPSA) is 55.3 Å². The molecule has 0 N–H and O–H groups in total. The Balaban J connectivity index is 1.43. The summed E-state index contributed by atoms with van der Waals surface area (Å²) >= 11 is 1.23. The van der Waals surface area contributed by atoms with Crippen LogP contribution >= 0.6 is 11.5 Å². The number of aromatic nitrogens is 2. The van der Waals surface area contributed by atoms with Crippen molar-refractivity contribution in [2.24, 2.45) is 0 Å². The molecule has 0 bridgehead atoms. The van der Waals surface area contributed by atoms with E-state index < -0.39 is 0 Å². The first-order valence-corrected chi connectivity index (χ1v) is 9.90. The van der Waals surface area contributed by atoms with Gasteiger partial charge in [0.05, 0.1) is 0 Å². The molecule has 0 radical (unpaired) electrons. The molecule has 0 unspecified atom stereocenters. The quantitative estimate of drug-likeness (QED) is 0.656. The van der Waals surface area contributed by atoms with Gasteiger partial charge in [0.1, 0.15) is 5.75 Å². The van der Waals surface area contributed by atoms with Gasteiger partial charge in [0.15, 0.2) is 5.82 Å². The van der Waals surface area contributed by atoms with Crippen LogP contribution < -0.4 is 4.74 Å². The second-order valence-electron chi connectivity index (χ2n) is 6.77. The molecule has 5 nitrogen and oxygen atoms in total. The molecule has 1 saturated heterocycles. The van der Waals surface area contributed by atoms with Crippen molar-refractivity contribution in [1.29, 1.82) is 0 Å². The van der Waals surface area contributed by atoms with Crippen LogP contribution in [0.1, 0.15) is 40.2 Å². The summed E-state index contributed by atoms with van der Waals surface area (Å²) in [6, 6.07) is 15.6. The van der Waals surface area contributed by atoms with Crippen molar-refractivity contribution < 1.29 is 9.53 Å². The normalized spacial score (nSPS) is 13.7. The highest BCUT2D eigenvalue weighted by Gasteiger charge is 2.20. The average molecular weight is 379 g/mol. The molecule has 138 valence electrons. The van der Waals surface area contributed by atoms with Gasteiger partial charge >= 0.3 is 0 Å². The Hall–Kier alpha value is -2.73. The van der Waals surface area contributed by atoms with E-state index in [1.807, 2.05) is 23.1 Å². The number of hydrogen-bond acceptors (Lipinski definition) is 5. The fourth-order valence-corrected chi connectivity index (χ4v) is 3.70. The van der Waals surface area contributed by atoms with E-state index in [0.717, 1.165) is 31.8 Å². The summed E-state index contributed by atoms with van der Waals surface area (Å²) in [7, 11) is 0. The van der Waals surface area contributed by atoms with Crippen molar-refractivity contribution in [3.8, 4) is 10.9 Å². The number of rotatable bonds is 5. The van der Waals surface area contributed by atoms with Gasteiger partial charge < -0.3 is 9.64 Å². The molecule has 3 aromatic rings. The van der Waals surface area contributed by atoms with Crippen LogP contribution in [0.5, 0.6) is 10.9 Å². The first-order valence-electron chi connectivity index (χ1n) is 9.13. The zero-order valence-electron chi connectivity index (χ0n) is 15.2. The van der Waals surface area contributed by atoms with Gasteiger partial charge in [-0.15, -0.1) is 0 Å². The lowest BCUT2D eigenvalue weighted by atomic mass is 10.1. The third-order valence-electron chi connectivity index (χ3n) is 4.61. The minimum Gasteiger partial charge on any atom is -0.430 e. The van der Waals surface area contributed by atoms with Crippen molar-refractivity contribution >= 4 is 17.4 Å². The molecular weight excluding hydrogens is 358 g/mol. The van der Waals surface area contributed by atoms with E-state index >= 15 is 0 Å². The van der Waals surface area contributed by atoms with Crippen molar-refractivity contribution in [3.05, 3.63) is 71.0 Å². The number of hydrogen-bond donors (Lipinski definition) is 0. The second kappa shape index (κ2) is 7.88. The van der Waals surface area contributed by atoms with Crippen LogP contribution in [0.25, 0.3) is 0 Å². The first-order chi connectivity index (χ1) is 13.2. The highest BCUT2D eigenvalue weighted by atomic mass is 32.1. The molecule has 1 aliphatic heterocycles. The molecule has 0 spiro atoms. The van der Waals surface area contributed by atoms with Gasteiger partial charge in [-0.05, 0) is 43.5 Å². The van der Waals surface area contributed by atoms with Crippen LogP contribution in [-0.4, -0.2) is 33.3 Å². The fourth-order valence-electron chi connectivity index (χ4n) is 3.14. The van der Waals surface area contributed by atoms with E-state index in [0.29, 0.717) is 22.9 Å². The molecule has 1 aliphatic rings. The Morgan fingerprint density at radius 3 is 2.70 bits per heavy atom. The van der Waals surface area contributed by atoms with E-state index in [4.69, 9.17) is 4.74 Å². The Labute approximate surface area is 162 Å². The van der Waals surface area contributed by atoms with E-state index in [1.165, 1.54) is 22.7 Å². The lowest BCUT2D eigenvalue weighted by Gasteiger charge is -2.15. The Bertz CT molecular complexity index is 931. The molecule has 6 heteroatoms. The molecule has 1 fully saturated rings. The molecule has 0 saturated carbocycles. The van der Waals surface area contributed by atoms with E-state index in [9.17, 15) is 4.79 Å². The highest BCUT2D eigenvalue weighted by Crippen LogP contribution is 2.25. The molecule has 1 amide bonds. The Kier molecular flexibility index (Phi) is 5.16. The number of amides is 1. The number of aryl methyl sites for hydroxylation is 1. The van der Waals surface area contributed by atoms with Crippen molar-refractivity contribution in [3.63, 3.8) is 0 Å². The molecule has 27 heavy (non-hydrogen) atoms. The van der Waals surface area contributed by atoms with Crippen molar-refractivity contribution in [2.75, 3.05) is 13.1 Å². The van der Waals surface area contributed by atoms with E-state index in [1.54, 1.807) is 6.07 Å². The number of carbonyl (C=O) groups is 1. The molecule has 0 atom stereocenters. The SMILES string of the molecule is Cc1ccc(Cc2nsc(Oc3cccc(C(=O)N4CCCC4)c3)n2)cc1. The molecule has 2 heterocycles. The summed E-state index contributed by atoms with van der Waals surface area (Å²) in [6.45, 7) is 3.74. The first kappa shape index (κ1) is 17.7. The number of likely N-dealkylation sites (tertiary alicyclic amines) is 1. The monoisotopic (exact) mass is 379 g/mol. The van der Waals surface area contributed by atoms with Crippen molar-refractivity contribution in [2.45, 2.75) is 26.2 Å². The summed E-state index contributed by atoms with van der Waals surface area (Å²) in [6.07, 6.45) is 2.83. The second-order valence-corrected chi connectivity index (χ2v) is 7.48. The van der Waals surface area contributed by atoms with Gasteiger partial charge in [0.25, 0.3) is 11.1 Å². The van der Waals surface area contributed by atoms with Gasteiger partial charge in [-0.2, -0.15) is 9.36 Å². The lowest BCUT2D eigenvalue weighted by molar-refractivity contribution is 0.0792. The number of benzene rings is 2. The zero-order valence-corrected chi connectivity index (χ0v) is 16.0. The third-order valence-corrected chi connectivity index (χ3v) is 5.24. The summed E-state index contributed by atoms with van der Waals surface area (Å²) < 4.78 is 10.2. The van der Waals surface area contributed by atoms with Crippen LogP contribution in [0, 0.1) is 6.92 Å². The van der Waals surface area contributed by atoms with Gasteiger partial charge in [0, 0.05) is 36.6 Å². The van der Waals surface area contributed by atoms with Gasteiger partial charge in [-0.25, -0.2) is 0 Å². The van der Waals surface area contributed by atoms with Gasteiger partial charge in [0.2, 0.25) is 0 Å². The Morgan fingerprint density at radius 2 is 1.93 bits per heavy atom. The predicted molar refractivity (Wildman–Crippen MR) is 106 cm³/mol.